The molecule has 0 aromatic heterocycles. The molecule has 1 unspecified atom stereocenters. The molecule has 0 aliphatic rings. The largest absolute Gasteiger partial charge is 0.382 e. The average molecular weight is 227 g/mol. The fourth-order valence-corrected chi connectivity index (χ4v) is 1.87. The Balaban J connectivity index is 3.32. The third-order valence-corrected chi connectivity index (χ3v) is 2.91. The summed E-state index contributed by atoms with van der Waals surface area (Å²) in [7, 11) is 2.06. The van der Waals surface area contributed by atoms with Gasteiger partial charge >= 0.3 is 0 Å². The molecule has 0 spiro atoms. The van der Waals surface area contributed by atoms with Crippen molar-refractivity contribution >= 4 is 0 Å². The standard InChI is InChI=1S/C14H29NO/c1-4-6-7-8-9-11-14(15-3)12-10-13-16-5-2/h4,14-15H,1,5-13H2,2-3H3. The highest BCUT2D eigenvalue weighted by atomic mass is 16.5. The summed E-state index contributed by atoms with van der Waals surface area (Å²) >= 11 is 0. The maximum atomic E-state index is 5.35. The van der Waals surface area contributed by atoms with Crippen molar-refractivity contribution in [1.82, 2.24) is 5.32 Å². The molecular weight excluding hydrogens is 198 g/mol. The minimum Gasteiger partial charge on any atom is -0.382 e. The summed E-state index contributed by atoms with van der Waals surface area (Å²) in [5.74, 6) is 0. The highest BCUT2D eigenvalue weighted by Gasteiger charge is 2.04. The van der Waals surface area contributed by atoms with Gasteiger partial charge in [0.2, 0.25) is 0 Å². The molecule has 0 saturated carbocycles. The van der Waals surface area contributed by atoms with Crippen LogP contribution in [0.3, 0.4) is 0 Å². The molecule has 0 aromatic carbocycles. The van der Waals surface area contributed by atoms with E-state index in [4.69, 9.17) is 4.74 Å². The molecule has 0 saturated heterocycles. The second kappa shape index (κ2) is 12.7. The van der Waals surface area contributed by atoms with Crippen molar-refractivity contribution in [1.29, 1.82) is 0 Å². The van der Waals surface area contributed by atoms with Gasteiger partial charge in [-0.2, -0.15) is 0 Å². The van der Waals surface area contributed by atoms with Crippen LogP contribution in [0.25, 0.3) is 0 Å². The molecule has 0 aromatic rings. The van der Waals surface area contributed by atoms with Crippen LogP contribution in [0.15, 0.2) is 12.7 Å². The van der Waals surface area contributed by atoms with Crippen LogP contribution in [0, 0.1) is 0 Å². The fraction of sp³-hybridized carbons (Fsp3) is 0.857. The summed E-state index contributed by atoms with van der Waals surface area (Å²) < 4.78 is 5.35. The molecule has 96 valence electrons. The predicted octanol–water partition coefficient (Wildman–Crippen LogP) is 3.53. The second-order valence-corrected chi connectivity index (χ2v) is 4.25. The molecule has 2 heteroatoms. The summed E-state index contributed by atoms with van der Waals surface area (Å²) in [4.78, 5) is 0. The number of ether oxygens (including phenoxy) is 1. The van der Waals surface area contributed by atoms with E-state index in [2.05, 4.69) is 25.9 Å². The Morgan fingerprint density at radius 3 is 2.56 bits per heavy atom. The van der Waals surface area contributed by atoms with Crippen molar-refractivity contribution < 1.29 is 4.74 Å². The normalized spacial score (nSPS) is 12.6. The predicted molar refractivity (Wildman–Crippen MR) is 71.9 cm³/mol. The summed E-state index contributed by atoms with van der Waals surface area (Å²) in [5, 5.41) is 3.39. The first-order valence-electron chi connectivity index (χ1n) is 6.71. The van der Waals surface area contributed by atoms with Gasteiger partial charge < -0.3 is 10.1 Å². The van der Waals surface area contributed by atoms with Crippen molar-refractivity contribution in [3.8, 4) is 0 Å². The van der Waals surface area contributed by atoms with Crippen LogP contribution >= 0.6 is 0 Å². The van der Waals surface area contributed by atoms with Gasteiger partial charge in [-0.15, -0.1) is 6.58 Å². The quantitative estimate of drug-likeness (QED) is 0.407. The number of hydrogen-bond donors (Lipinski definition) is 1. The van der Waals surface area contributed by atoms with Gasteiger partial charge in [0.1, 0.15) is 0 Å². The Hall–Kier alpha value is -0.340. The van der Waals surface area contributed by atoms with Crippen molar-refractivity contribution in [2.75, 3.05) is 20.3 Å². The van der Waals surface area contributed by atoms with Gasteiger partial charge in [-0.05, 0) is 46.1 Å². The van der Waals surface area contributed by atoms with Gasteiger partial charge in [0.05, 0.1) is 0 Å². The monoisotopic (exact) mass is 227 g/mol. The van der Waals surface area contributed by atoms with Gasteiger partial charge in [0, 0.05) is 19.3 Å². The summed E-state index contributed by atoms with van der Waals surface area (Å²) in [6, 6.07) is 0.671. The van der Waals surface area contributed by atoms with Crippen LogP contribution in [-0.2, 0) is 4.74 Å². The lowest BCUT2D eigenvalue weighted by atomic mass is 10.0. The minimum absolute atomic E-state index is 0.671. The second-order valence-electron chi connectivity index (χ2n) is 4.25. The average Bonchev–Trinajstić information content (AvgIpc) is 2.31. The van der Waals surface area contributed by atoms with E-state index in [1.165, 1.54) is 38.5 Å². The van der Waals surface area contributed by atoms with Gasteiger partial charge in [-0.3, -0.25) is 0 Å². The molecule has 0 heterocycles. The summed E-state index contributed by atoms with van der Waals surface area (Å²) in [6.45, 7) is 7.54. The first-order valence-corrected chi connectivity index (χ1v) is 6.71. The minimum atomic E-state index is 0.671. The number of allylic oxidation sites excluding steroid dienone is 1. The van der Waals surface area contributed by atoms with Gasteiger partial charge in [-0.1, -0.05) is 18.9 Å². The lowest BCUT2D eigenvalue weighted by molar-refractivity contribution is 0.140. The highest BCUT2D eigenvalue weighted by Crippen LogP contribution is 2.09. The smallest absolute Gasteiger partial charge is 0.0466 e. The van der Waals surface area contributed by atoms with Crippen LogP contribution in [-0.4, -0.2) is 26.3 Å². The number of rotatable bonds is 12. The Kier molecular flexibility index (Phi) is 12.5. The zero-order valence-corrected chi connectivity index (χ0v) is 11.1. The van der Waals surface area contributed by atoms with Crippen molar-refractivity contribution in [3.63, 3.8) is 0 Å². The van der Waals surface area contributed by atoms with E-state index in [1.54, 1.807) is 0 Å². The van der Waals surface area contributed by atoms with Crippen LogP contribution in [0.2, 0.25) is 0 Å². The maximum Gasteiger partial charge on any atom is 0.0466 e. The first kappa shape index (κ1) is 15.7. The van der Waals surface area contributed by atoms with E-state index < -0.39 is 0 Å². The molecule has 0 radical (unpaired) electrons. The Bertz CT molecular complexity index is 148. The molecule has 0 amide bonds. The number of hydrogen-bond acceptors (Lipinski definition) is 2. The maximum absolute atomic E-state index is 5.35. The van der Waals surface area contributed by atoms with Crippen LogP contribution in [0.4, 0.5) is 0 Å². The van der Waals surface area contributed by atoms with E-state index >= 15 is 0 Å². The molecule has 16 heavy (non-hydrogen) atoms. The molecular formula is C14H29NO. The zero-order chi connectivity index (χ0) is 12.1. The molecule has 0 aliphatic carbocycles. The van der Waals surface area contributed by atoms with Crippen molar-refractivity contribution in [3.05, 3.63) is 12.7 Å². The molecule has 0 fully saturated rings. The van der Waals surface area contributed by atoms with E-state index in [0.717, 1.165) is 19.6 Å². The Labute approximate surface area is 101 Å². The summed E-state index contributed by atoms with van der Waals surface area (Å²) in [5.41, 5.74) is 0. The number of nitrogens with one attached hydrogen (secondary N) is 1. The van der Waals surface area contributed by atoms with Crippen molar-refractivity contribution in [2.45, 2.75) is 57.9 Å². The van der Waals surface area contributed by atoms with Crippen LogP contribution in [0.5, 0.6) is 0 Å². The third kappa shape index (κ3) is 10.2. The highest BCUT2D eigenvalue weighted by molar-refractivity contribution is 4.67. The number of unbranched alkanes of at least 4 members (excludes halogenated alkanes) is 3. The fourth-order valence-electron chi connectivity index (χ4n) is 1.87. The van der Waals surface area contributed by atoms with Gasteiger partial charge in [0.15, 0.2) is 0 Å². The molecule has 0 rings (SSSR count). The topological polar surface area (TPSA) is 21.3 Å². The first-order chi connectivity index (χ1) is 7.85. The Morgan fingerprint density at radius 1 is 1.19 bits per heavy atom. The molecule has 0 aliphatic heterocycles. The van der Waals surface area contributed by atoms with Gasteiger partial charge in [0.25, 0.3) is 0 Å². The lowest BCUT2D eigenvalue weighted by Crippen LogP contribution is -2.25. The van der Waals surface area contributed by atoms with E-state index in [1.807, 2.05) is 6.08 Å². The molecule has 0 bridgehead atoms. The van der Waals surface area contributed by atoms with Crippen molar-refractivity contribution in [2.24, 2.45) is 0 Å². The summed E-state index contributed by atoms with van der Waals surface area (Å²) in [6.07, 6.45) is 10.8. The third-order valence-electron chi connectivity index (χ3n) is 2.91. The van der Waals surface area contributed by atoms with E-state index in [0.29, 0.717) is 6.04 Å². The van der Waals surface area contributed by atoms with E-state index in [9.17, 15) is 0 Å². The van der Waals surface area contributed by atoms with Crippen LogP contribution in [0.1, 0.15) is 51.9 Å². The molecule has 1 atom stereocenters. The lowest BCUT2D eigenvalue weighted by Gasteiger charge is -2.15. The molecule has 1 N–H and O–H groups in total. The zero-order valence-electron chi connectivity index (χ0n) is 11.1. The SMILES string of the molecule is C=CCCCCCC(CCCOCC)NC. The van der Waals surface area contributed by atoms with E-state index in [-0.39, 0.29) is 0 Å². The van der Waals surface area contributed by atoms with Crippen LogP contribution < -0.4 is 5.32 Å². The van der Waals surface area contributed by atoms with Gasteiger partial charge in [-0.25, -0.2) is 0 Å². The molecule has 2 nitrogen and oxygen atoms in total. The Morgan fingerprint density at radius 2 is 1.94 bits per heavy atom.